The number of hydrogen-bond acceptors (Lipinski definition) is 4. The van der Waals surface area contributed by atoms with E-state index in [1.807, 2.05) is 19.1 Å². The number of imide groups is 1. The summed E-state index contributed by atoms with van der Waals surface area (Å²) in [6.45, 7) is 3.23. The minimum Gasteiger partial charge on any atom is -0.461 e. The molecule has 3 amide bonds. The van der Waals surface area contributed by atoms with Gasteiger partial charge in [0.2, 0.25) is 5.78 Å². The summed E-state index contributed by atoms with van der Waals surface area (Å²) in [6, 6.07) is 9.83. The van der Waals surface area contributed by atoms with Gasteiger partial charge >= 0.3 is 6.03 Å². The van der Waals surface area contributed by atoms with Crippen molar-refractivity contribution in [2.45, 2.75) is 19.4 Å². The zero-order chi connectivity index (χ0) is 16.6. The van der Waals surface area contributed by atoms with E-state index >= 15 is 0 Å². The molecule has 1 saturated heterocycles. The number of aryl methyl sites for hydroxylation is 1. The van der Waals surface area contributed by atoms with Gasteiger partial charge in [0.25, 0.3) is 5.91 Å². The van der Waals surface area contributed by atoms with Crippen molar-refractivity contribution in [3.05, 3.63) is 59.5 Å². The Hall–Kier alpha value is -2.89. The van der Waals surface area contributed by atoms with E-state index in [1.54, 1.807) is 25.1 Å². The van der Waals surface area contributed by atoms with Crippen LogP contribution in [0.25, 0.3) is 0 Å². The summed E-state index contributed by atoms with van der Waals surface area (Å²) in [7, 11) is 0. The van der Waals surface area contributed by atoms with Crippen LogP contribution < -0.4 is 5.32 Å². The first kappa shape index (κ1) is 15.0. The van der Waals surface area contributed by atoms with Crippen molar-refractivity contribution in [1.29, 1.82) is 0 Å². The number of benzene rings is 1. The van der Waals surface area contributed by atoms with Gasteiger partial charge in [0.05, 0.1) is 12.8 Å². The molecular weight excluding hydrogens is 296 g/mol. The Bertz CT molecular complexity index is 764. The highest BCUT2D eigenvalue weighted by Crippen LogP contribution is 2.29. The van der Waals surface area contributed by atoms with E-state index in [-0.39, 0.29) is 12.3 Å². The van der Waals surface area contributed by atoms with Gasteiger partial charge in [0.1, 0.15) is 5.54 Å². The third kappa shape index (κ3) is 2.52. The van der Waals surface area contributed by atoms with E-state index in [2.05, 4.69) is 5.32 Å². The molecule has 2 aromatic rings. The molecule has 6 heteroatoms. The monoisotopic (exact) mass is 312 g/mol. The van der Waals surface area contributed by atoms with Crippen molar-refractivity contribution in [3.63, 3.8) is 0 Å². The number of nitrogens with zero attached hydrogens (tertiary/aromatic N) is 1. The number of ketones is 1. The Morgan fingerprint density at radius 3 is 2.52 bits per heavy atom. The second-order valence-electron chi connectivity index (χ2n) is 5.71. The molecule has 3 rings (SSSR count). The van der Waals surface area contributed by atoms with Crippen LogP contribution in [0.4, 0.5) is 4.79 Å². The van der Waals surface area contributed by atoms with Crippen LogP contribution in [0.15, 0.2) is 47.1 Å². The number of hydrogen-bond donors (Lipinski definition) is 1. The number of nitrogens with one attached hydrogen (secondary N) is 1. The van der Waals surface area contributed by atoms with E-state index in [1.165, 1.54) is 12.3 Å². The maximum absolute atomic E-state index is 12.7. The fourth-order valence-corrected chi connectivity index (χ4v) is 2.58. The molecule has 1 aromatic heterocycles. The zero-order valence-electron chi connectivity index (χ0n) is 12.8. The molecule has 0 bridgehead atoms. The van der Waals surface area contributed by atoms with Crippen LogP contribution in [0.3, 0.4) is 0 Å². The van der Waals surface area contributed by atoms with Gasteiger partial charge in [-0.2, -0.15) is 0 Å². The van der Waals surface area contributed by atoms with Gasteiger partial charge < -0.3 is 9.73 Å². The first-order valence-corrected chi connectivity index (χ1v) is 7.20. The van der Waals surface area contributed by atoms with E-state index < -0.39 is 23.3 Å². The summed E-state index contributed by atoms with van der Waals surface area (Å²) in [5.41, 5.74) is 0.558. The first-order valence-electron chi connectivity index (χ1n) is 7.20. The molecular formula is C17H16N2O4. The van der Waals surface area contributed by atoms with E-state index in [0.717, 1.165) is 10.5 Å². The lowest BCUT2D eigenvalue weighted by Crippen LogP contribution is -2.41. The molecule has 1 N–H and O–H groups in total. The molecule has 0 radical (unpaired) electrons. The molecule has 0 aliphatic carbocycles. The Balaban J connectivity index is 1.85. The van der Waals surface area contributed by atoms with Crippen LogP contribution in [-0.4, -0.2) is 29.2 Å². The van der Waals surface area contributed by atoms with Gasteiger partial charge in [0, 0.05) is 0 Å². The third-order valence-electron chi connectivity index (χ3n) is 4.00. The maximum Gasteiger partial charge on any atom is 0.325 e. The molecule has 6 nitrogen and oxygen atoms in total. The number of Topliss-reactive ketones (excluding diaryl/α,β-unsaturated/α-hetero) is 1. The van der Waals surface area contributed by atoms with Gasteiger partial charge in [-0.1, -0.05) is 29.8 Å². The summed E-state index contributed by atoms with van der Waals surface area (Å²) < 4.78 is 5.01. The lowest BCUT2D eigenvalue weighted by Gasteiger charge is -2.22. The van der Waals surface area contributed by atoms with E-state index in [4.69, 9.17) is 4.42 Å². The molecule has 1 fully saturated rings. The highest BCUT2D eigenvalue weighted by Gasteiger charge is 2.49. The summed E-state index contributed by atoms with van der Waals surface area (Å²) in [4.78, 5) is 37.8. The summed E-state index contributed by atoms with van der Waals surface area (Å²) in [5.74, 6) is -0.757. The molecule has 1 unspecified atom stereocenters. The Labute approximate surface area is 133 Å². The standard InChI is InChI=1S/C17H16N2O4/c1-11-5-7-12(8-6-11)17(2)15(21)19(16(22)18-17)10-13(20)14-4-3-9-23-14/h3-9H,10H2,1-2H3,(H,18,22). The van der Waals surface area contributed by atoms with Gasteiger partial charge in [0.15, 0.2) is 5.76 Å². The van der Waals surface area contributed by atoms with Crippen LogP contribution in [-0.2, 0) is 10.3 Å². The molecule has 1 aliphatic rings. The minimum atomic E-state index is -1.17. The Morgan fingerprint density at radius 2 is 1.91 bits per heavy atom. The van der Waals surface area contributed by atoms with Crippen LogP contribution in [0, 0.1) is 6.92 Å². The Morgan fingerprint density at radius 1 is 1.22 bits per heavy atom. The normalized spacial score (nSPS) is 20.7. The molecule has 1 aliphatic heterocycles. The molecule has 1 atom stereocenters. The SMILES string of the molecule is Cc1ccc(C2(C)NC(=O)N(CC(=O)c3ccco3)C2=O)cc1. The minimum absolute atomic E-state index is 0.120. The molecule has 0 saturated carbocycles. The average molecular weight is 312 g/mol. The van der Waals surface area contributed by atoms with Crippen molar-refractivity contribution in [1.82, 2.24) is 10.2 Å². The van der Waals surface area contributed by atoms with Crippen LogP contribution >= 0.6 is 0 Å². The number of amides is 3. The summed E-state index contributed by atoms with van der Waals surface area (Å²) in [5, 5.41) is 2.67. The van der Waals surface area contributed by atoms with Gasteiger partial charge in [-0.25, -0.2) is 4.79 Å². The lowest BCUT2D eigenvalue weighted by atomic mass is 9.91. The van der Waals surface area contributed by atoms with Crippen molar-refractivity contribution < 1.29 is 18.8 Å². The topological polar surface area (TPSA) is 79.6 Å². The largest absolute Gasteiger partial charge is 0.461 e. The van der Waals surface area contributed by atoms with Crippen molar-refractivity contribution >= 4 is 17.7 Å². The summed E-state index contributed by atoms with van der Waals surface area (Å²) in [6.07, 6.45) is 1.37. The molecule has 0 spiro atoms. The molecule has 23 heavy (non-hydrogen) atoms. The average Bonchev–Trinajstić information content (AvgIpc) is 3.12. The Kier molecular flexibility index (Phi) is 3.52. The van der Waals surface area contributed by atoms with Gasteiger partial charge in [-0.05, 0) is 31.5 Å². The van der Waals surface area contributed by atoms with E-state index in [0.29, 0.717) is 5.56 Å². The van der Waals surface area contributed by atoms with E-state index in [9.17, 15) is 14.4 Å². The second-order valence-corrected chi connectivity index (χ2v) is 5.71. The second kappa shape index (κ2) is 5.39. The van der Waals surface area contributed by atoms with Gasteiger partial charge in [-0.3, -0.25) is 14.5 Å². The number of carbonyl (C=O) groups excluding carboxylic acids is 3. The number of urea groups is 1. The van der Waals surface area contributed by atoms with Crippen molar-refractivity contribution in [2.24, 2.45) is 0 Å². The fourth-order valence-electron chi connectivity index (χ4n) is 2.58. The van der Waals surface area contributed by atoms with Crippen molar-refractivity contribution in [2.75, 3.05) is 6.54 Å². The quantitative estimate of drug-likeness (QED) is 0.693. The number of carbonyl (C=O) groups is 3. The smallest absolute Gasteiger partial charge is 0.325 e. The predicted molar refractivity (Wildman–Crippen MR) is 81.8 cm³/mol. The van der Waals surface area contributed by atoms with Crippen LogP contribution in [0.1, 0.15) is 28.6 Å². The van der Waals surface area contributed by atoms with Crippen LogP contribution in [0.5, 0.6) is 0 Å². The van der Waals surface area contributed by atoms with Crippen molar-refractivity contribution in [3.8, 4) is 0 Å². The number of rotatable bonds is 4. The number of furan rings is 1. The fraction of sp³-hybridized carbons (Fsp3) is 0.235. The zero-order valence-corrected chi connectivity index (χ0v) is 12.8. The highest BCUT2D eigenvalue weighted by molar-refractivity contribution is 6.10. The summed E-state index contributed by atoms with van der Waals surface area (Å²) >= 11 is 0. The first-order chi connectivity index (χ1) is 10.9. The molecule has 118 valence electrons. The predicted octanol–water partition coefficient (Wildman–Crippen LogP) is 2.24. The molecule has 1 aromatic carbocycles. The van der Waals surface area contributed by atoms with Crippen LogP contribution in [0.2, 0.25) is 0 Å². The third-order valence-corrected chi connectivity index (χ3v) is 4.00. The maximum atomic E-state index is 12.7. The lowest BCUT2D eigenvalue weighted by molar-refractivity contribution is -0.130. The van der Waals surface area contributed by atoms with Gasteiger partial charge in [-0.15, -0.1) is 0 Å². The highest BCUT2D eigenvalue weighted by atomic mass is 16.3. The molecule has 2 heterocycles.